The topological polar surface area (TPSA) is 180 Å². The summed E-state index contributed by atoms with van der Waals surface area (Å²) in [4.78, 5) is 57.5. The quantitative estimate of drug-likeness (QED) is 0.0882. The van der Waals surface area contributed by atoms with Crippen LogP contribution >= 0.6 is 0 Å². The van der Waals surface area contributed by atoms with Gasteiger partial charge in [-0.2, -0.15) is 0 Å². The molecule has 1 saturated heterocycles. The SMILES string of the molecule is COC(=O)N[C@H](C(=O)N1CCC[C@H]1c1ncc(-c2ccc(-c3ccc(-c4cnc(C5C6CCC(C6)C5C(=O)NCc5cccc(N)c5)[nH]4)cc3)cc2)[nH]1)[C@@H](C)OC. The van der Waals surface area contributed by atoms with E-state index in [-0.39, 0.29) is 29.7 Å². The number of aromatic nitrogens is 4. The molecule has 4 unspecified atom stereocenters. The summed E-state index contributed by atoms with van der Waals surface area (Å²) >= 11 is 0. The number of hydrogen-bond acceptors (Lipinski definition) is 8. The Kier molecular flexibility index (Phi) is 10.8. The fraction of sp³-hybridized carbons (Fsp3) is 0.386. The molecule has 3 aliphatic rings. The second-order valence-corrected chi connectivity index (χ2v) is 15.6. The van der Waals surface area contributed by atoms with Crippen LogP contribution in [0.2, 0.25) is 0 Å². The largest absolute Gasteiger partial charge is 0.453 e. The van der Waals surface area contributed by atoms with Gasteiger partial charge < -0.3 is 40.7 Å². The number of likely N-dealkylation sites (tertiary alicyclic amines) is 1. The predicted octanol–water partition coefficient (Wildman–Crippen LogP) is 6.59. The number of imidazole rings is 2. The molecule has 3 fully saturated rings. The van der Waals surface area contributed by atoms with E-state index < -0.39 is 18.2 Å². The monoisotopic (exact) mass is 770 g/mol. The fourth-order valence-electron chi connectivity index (χ4n) is 9.26. The zero-order valence-corrected chi connectivity index (χ0v) is 32.5. The number of nitrogens with zero attached hydrogens (tertiary/aromatic N) is 3. The van der Waals surface area contributed by atoms with Crippen LogP contribution in [0.3, 0.4) is 0 Å². The van der Waals surface area contributed by atoms with Crippen LogP contribution in [-0.2, 0) is 25.6 Å². The standard InChI is InChI=1S/C44H50N8O5/c1-25(56-2)39(51-44(55)57-3)43(54)52-19-5-8-36(52)40-46-23-34(49-40)29-13-9-27(10-14-29)28-11-15-30(16-12-28)35-24-47-41(50-35)37-31-17-18-32(21-31)38(37)42(53)48-22-26-6-4-7-33(45)20-26/h4,6-7,9-16,20,23-25,31-32,36-39H,5,8,17-19,21-22,45H2,1-3H3,(H,46,49)(H,47,50)(H,48,53)(H,51,55)/t25-,31?,32?,36+,37?,38?,39+/m1/s1. The van der Waals surface area contributed by atoms with Crippen molar-refractivity contribution in [1.82, 2.24) is 35.5 Å². The lowest BCUT2D eigenvalue weighted by Gasteiger charge is -2.30. The molecule has 13 nitrogen and oxygen atoms in total. The molecule has 296 valence electrons. The lowest BCUT2D eigenvalue weighted by atomic mass is 9.78. The van der Waals surface area contributed by atoms with Gasteiger partial charge >= 0.3 is 6.09 Å². The van der Waals surface area contributed by atoms with Crippen molar-refractivity contribution in [2.24, 2.45) is 17.8 Å². The van der Waals surface area contributed by atoms with E-state index in [2.05, 4.69) is 74.1 Å². The van der Waals surface area contributed by atoms with Crippen molar-refractivity contribution in [2.75, 3.05) is 26.5 Å². The molecule has 2 saturated carbocycles. The Morgan fingerprint density at radius 1 is 0.860 bits per heavy atom. The van der Waals surface area contributed by atoms with E-state index in [0.29, 0.717) is 36.4 Å². The van der Waals surface area contributed by atoms with Gasteiger partial charge in [-0.05, 0) is 90.8 Å². The van der Waals surface area contributed by atoms with Crippen molar-refractivity contribution in [3.05, 3.63) is 102 Å². The van der Waals surface area contributed by atoms with E-state index >= 15 is 0 Å². The summed E-state index contributed by atoms with van der Waals surface area (Å²) < 4.78 is 10.2. The Balaban J connectivity index is 0.916. The van der Waals surface area contributed by atoms with Gasteiger partial charge in [0.15, 0.2) is 0 Å². The summed E-state index contributed by atoms with van der Waals surface area (Å²) in [5.41, 5.74) is 13.6. The van der Waals surface area contributed by atoms with Crippen LogP contribution in [0, 0.1) is 17.8 Å². The van der Waals surface area contributed by atoms with Crippen LogP contribution in [-0.4, -0.2) is 75.7 Å². The molecule has 2 aliphatic carbocycles. The van der Waals surface area contributed by atoms with Crippen molar-refractivity contribution < 1.29 is 23.9 Å². The van der Waals surface area contributed by atoms with Gasteiger partial charge in [0, 0.05) is 31.8 Å². The van der Waals surface area contributed by atoms with E-state index in [1.165, 1.54) is 14.2 Å². The summed E-state index contributed by atoms with van der Waals surface area (Å²) in [6.45, 7) is 2.76. The smallest absolute Gasteiger partial charge is 0.407 e. The molecule has 2 aromatic heterocycles. The third-order valence-corrected chi connectivity index (χ3v) is 12.3. The van der Waals surface area contributed by atoms with Gasteiger partial charge in [0.2, 0.25) is 11.8 Å². The van der Waals surface area contributed by atoms with Gasteiger partial charge in [-0.1, -0.05) is 60.7 Å². The van der Waals surface area contributed by atoms with Gasteiger partial charge in [0.05, 0.1) is 49.0 Å². The third-order valence-electron chi connectivity index (χ3n) is 12.3. The van der Waals surface area contributed by atoms with Gasteiger partial charge in [-0.15, -0.1) is 0 Å². The first kappa shape index (κ1) is 37.9. The molecule has 3 aromatic carbocycles. The average molecular weight is 771 g/mol. The highest BCUT2D eigenvalue weighted by molar-refractivity contribution is 5.87. The molecule has 1 aliphatic heterocycles. The molecular formula is C44H50N8O5. The van der Waals surface area contributed by atoms with E-state index in [0.717, 1.165) is 77.1 Å². The number of nitrogens with two attached hydrogens (primary N) is 1. The zero-order chi connectivity index (χ0) is 39.6. The lowest BCUT2D eigenvalue weighted by molar-refractivity contribution is -0.137. The second-order valence-electron chi connectivity index (χ2n) is 15.6. The molecule has 8 rings (SSSR count). The van der Waals surface area contributed by atoms with Crippen LogP contribution in [0.1, 0.15) is 68.2 Å². The number of aromatic amines is 2. The van der Waals surface area contributed by atoms with E-state index in [9.17, 15) is 14.4 Å². The maximum Gasteiger partial charge on any atom is 0.407 e. The van der Waals surface area contributed by atoms with E-state index in [1.54, 1.807) is 18.0 Å². The number of H-pyrrole nitrogens is 2. The molecule has 3 heterocycles. The highest BCUT2D eigenvalue weighted by atomic mass is 16.5. The summed E-state index contributed by atoms with van der Waals surface area (Å²) in [6, 6.07) is 23.3. The Morgan fingerprint density at radius 3 is 2.14 bits per heavy atom. The van der Waals surface area contributed by atoms with Gasteiger partial charge in [0.25, 0.3) is 0 Å². The van der Waals surface area contributed by atoms with Gasteiger partial charge in [0.1, 0.15) is 17.7 Å². The molecule has 5 aromatic rings. The molecule has 13 heteroatoms. The maximum absolute atomic E-state index is 13.6. The minimum absolute atomic E-state index is 0.0779. The highest BCUT2D eigenvalue weighted by Crippen LogP contribution is 2.56. The molecule has 57 heavy (non-hydrogen) atoms. The first-order valence-electron chi connectivity index (χ1n) is 19.8. The van der Waals surface area contributed by atoms with Crippen LogP contribution < -0.4 is 16.4 Å². The van der Waals surface area contributed by atoms with Crippen molar-refractivity contribution >= 4 is 23.6 Å². The Bertz CT molecular complexity index is 2220. The predicted molar refractivity (Wildman–Crippen MR) is 216 cm³/mol. The number of fused-ring (bicyclic) bond motifs is 2. The second kappa shape index (κ2) is 16.3. The summed E-state index contributed by atoms with van der Waals surface area (Å²) in [5, 5.41) is 5.82. The zero-order valence-electron chi connectivity index (χ0n) is 32.5. The molecule has 2 bridgehead atoms. The number of hydrogen-bond donors (Lipinski definition) is 5. The van der Waals surface area contributed by atoms with Crippen LogP contribution in [0.5, 0.6) is 0 Å². The number of methoxy groups -OCH3 is 2. The maximum atomic E-state index is 13.6. The minimum Gasteiger partial charge on any atom is -0.453 e. The summed E-state index contributed by atoms with van der Waals surface area (Å²) in [7, 11) is 2.77. The summed E-state index contributed by atoms with van der Waals surface area (Å²) in [5.74, 6) is 2.28. The van der Waals surface area contributed by atoms with Gasteiger partial charge in [-0.25, -0.2) is 14.8 Å². The van der Waals surface area contributed by atoms with Gasteiger partial charge in [-0.3, -0.25) is 9.59 Å². The Hall–Kier alpha value is -5.95. The molecule has 6 N–H and O–H groups in total. The van der Waals surface area contributed by atoms with Crippen LogP contribution in [0.15, 0.2) is 85.2 Å². The van der Waals surface area contributed by atoms with Crippen LogP contribution in [0.4, 0.5) is 10.5 Å². The van der Waals surface area contributed by atoms with E-state index in [1.807, 2.05) is 30.5 Å². The third kappa shape index (κ3) is 7.76. The number of anilines is 1. The van der Waals surface area contributed by atoms with E-state index in [4.69, 9.17) is 20.2 Å². The molecular weight excluding hydrogens is 721 g/mol. The molecule has 7 atom stereocenters. The minimum atomic E-state index is -0.886. The van der Waals surface area contributed by atoms with Crippen molar-refractivity contribution in [3.8, 4) is 33.6 Å². The Morgan fingerprint density at radius 2 is 1.49 bits per heavy atom. The molecule has 3 amide bonds. The lowest BCUT2D eigenvalue weighted by Crippen LogP contribution is -2.54. The molecule has 0 radical (unpaired) electrons. The fourth-order valence-corrected chi connectivity index (χ4v) is 9.26. The first-order chi connectivity index (χ1) is 27.7. The number of ether oxygens (including phenoxy) is 2. The number of carbonyl (C=O) groups is 3. The van der Waals surface area contributed by atoms with Crippen molar-refractivity contribution in [3.63, 3.8) is 0 Å². The highest BCUT2D eigenvalue weighted by Gasteiger charge is 2.52. The number of nitrogens with one attached hydrogen (secondary N) is 4. The van der Waals surface area contributed by atoms with Crippen molar-refractivity contribution in [1.29, 1.82) is 0 Å². The summed E-state index contributed by atoms with van der Waals surface area (Å²) in [6.07, 6.45) is 7.32. The number of nitrogen functional groups attached to an aromatic ring is 1. The number of carbonyl (C=O) groups excluding carboxylic acids is 3. The molecule has 0 spiro atoms. The average Bonchev–Trinajstić information content (AvgIpc) is 4.10. The van der Waals surface area contributed by atoms with Crippen molar-refractivity contribution in [2.45, 2.75) is 69.7 Å². The number of benzene rings is 3. The number of alkyl carbamates (subject to hydrolysis) is 1. The number of rotatable bonds is 12. The normalized spacial score (nSPS) is 22.3. The van der Waals surface area contributed by atoms with Crippen LogP contribution in [0.25, 0.3) is 33.6 Å². The number of amides is 3. The first-order valence-corrected chi connectivity index (χ1v) is 19.8. The Labute approximate surface area is 332 Å².